The van der Waals surface area contributed by atoms with Gasteiger partial charge < -0.3 is 15.2 Å². The van der Waals surface area contributed by atoms with Crippen LogP contribution in [0.3, 0.4) is 0 Å². The van der Waals surface area contributed by atoms with Crippen molar-refractivity contribution >= 4 is 11.6 Å². The van der Waals surface area contributed by atoms with Crippen molar-refractivity contribution in [2.24, 2.45) is 0 Å². The van der Waals surface area contributed by atoms with Crippen molar-refractivity contribution in [2.75, 3.05) is 6.61 Å². The number of halogens is 1. The Morgan fingerprint density at radius 2 is 2.11 bits per heavy atom. The summed E-state index contributed by atoms with van der Waals surface area (Å²) in [6.07, 6.45) is 2.34. The fraction of sp³-hybridized carbons (Fsp3) is 0.300. The van der Waals surface area contributed by atoms with E-state index in [-0.39, 0.29) is 31.0 Å². The maximum atomic E-state index is 13.8. The van der Waals surface area contributed by atoms with E-state index in [4.69, 9.17) is 4.74 Å². The topological polar surface area (TPSA) is 75.9 Å². The number of fused-ring (bicyclic) bond motifs is 1. The first-order valence-electron chi connectivity index (χ1n) is 8.80. The number of pyridine rings is 1. The van der Waals surface area contributed by atoms with Gasteiger partial charge in [0.1, 0.15) is 18.1 Å². The molecule has 3 aromatic rings. The predicted molar refractivity (Wildman–Crippen MR) is 99.3 cm³/mol. The minimum Gasteiger partial charge on any atom is -0.485 e. The van der Waals surface area contributed by atoms with E-state index >= 15 is 0 Å². The Morgan fingerprint density at radius 3 is 2.81 bits per heavy atom. The molecule has 2 aromatic heterocycles. The summed E-state index contributed by atoms with van der Waals surface area (Å²) >= 11 is 0. The lowest BCUT2D eigenvalue weighted by molar-refractivity contribution is 0.0908. The van der Waals surface area contributed by atoms with Crippen LogP contribution in [0.1, 0.15) is 35.1 Å². The third kappa shape index (κ3) is 3.93. The Morgan fingerprint density at radius 1 is 1.33 bits per heavy atom. The van der Waals surface area contributed by atoms with Crippen molar-refractivity contribution in [1.29, 1.82) is 0 Å². The van der Waals surface area contributed by atoms with Gasteiger partial charge in [-0.2, -0.15) is 0 Å². The summed E-state index contributed by atoms with van der Waals surface area (Å²) in [5.74, 6) is -0.192. The number of carbonyl (C=O) groups is 1. The summed E-state index contributed by atoms with van der Waals surface area (Å²) in [6.45, 7) is 3.55. The molecule has 142 valence electrons. The Kier molecular flexibility index (Phi) is 5.71. The van der Waals surface area contributed by atoms with Crippen LogP contribution in [0, 0.1) is 12.7 Å². The van der Waals surface area contributed by atoms with Gasteiger partial charge in [0.2, 0.25) is 0 Å². The van der Waals surface area contributed by atoms with Gasteiger partial charge in [-0.25, -0.2) is 9.37 Å². The lowest BCUT2D eigenvalue weighted by Crippen LogP contribution is -2.37. The maximum absolute atomic E-state index is 13.8. The van der Waals surface area contributed by atoms with Crippen LogP contribution < -0.4 is 10.1 Å². The molecule has 1 atom stereocenters. The molecule has 0 radical (unpaired) electrons. The number of amides is 1. The van der Waals surface area contributed by atoms with E-state index in [9.17, 15) is 14.3 Å². The van der Waals surface area contributed by atoms with Gasteiger partial charge in [0.25, 0.3) is 5.91 Å². The minimum atomic E-state index is -0.335. The molecule has 2 N–H and O–H groups in total. The number of aliphatic hydroxyl groups is 1. The zero-order valence-corrected chi connectivity index (χ0v) is 15.3. The quantitative estimate of drug-likeness (QED) is 0.670. The van der Waals surface area contributed by atoms with Crippen molar-refractivity contribution in [3.05, 3.63) is 65.4 Å². The van der Waals surface area contributed by atoms with E-state index in [0.29, 0.717) is 34.8 Å². The van der Waals surface area contributed by atoms with Gasteiger partial charge in [-0.1, -0.05) is 25.1 Å². The van der Waals surface area contributed by atoms with Gasteiger partial charge in [0, 0.05) is 11.8 Å². The number of benzene rings is 1. The van der Waals surface area contributed by atoms with E-state index in [2.05, 4.69) is 10.3 Å². The van der Waals surface area contributed by atoms with Crippen molar-refractivity contribution in [3.63, 3.8) is 0 Å². The molecule has 0 saturated carbocycles. The lowest BCUT2D eigenvalue weighted by Gasteiger charge is -2.14. The monoisotopic (exact) mass is 371 g/mol. The first-order valence-corrected chi connectivity index (χ1v) is 8.80. The SMILES string of the molecule is CC[C@H](CO)NC(=O)c1c(C)nc2c(OCc3ccccc3F)cccn12. The van der Waals surface area contributed by atoms with Gasteiger partial charge >= 0.3 is 0 Å². The number of nitrogens with zero attached hydrogens (tertiary/aromatic N) is 2. The highest BCUT2D eigenvalue weighted by molar-refractivity contribution is 5.95. The minimum absolute atomic E-state index is 0.0577. The van der Waals surface area contributed by atoms with Crippen molar-refractivity contribution in [3.8, 4) is 5.75 Å². The second-order valence-corrected chi connectivity index (χ2v) is 6.25. The molecule has 3 rings (SSSR count). The summed E-state index contributed by atoms with van der Waals surface area (Å²) in [6, 6.07) is 9.56. The summed E-state index contributed by atoms with van der Waals surface area (Å²) in [7, 11) is 0. The Hall–Kier alpha value is -2.93. The molecule has 0 fully saturated rings. The number of hydrogen-bond acceptors (Lipinski definition) is 4. The van der Waals surface area contributed by atoms with Crippen LogP contribution in [0.4, 0.5) is 4.39 Å². The molecule has 0 saturated heterocycles. The molecule has 0 spiro atoms. The molecule has 2 heterocycles. The zero-order valence-electron chi connectivity index (χ0n) is 15.3. The summed E-state index contributed by atoms with van der Waals surface area (Å²) in [5, 5.41) is 12.1. The third-order valence-corrected chi connectivity index (χ3v) is 4.39. The molecule has 1 amide bonds. The number of aryl methyl sites for hydroxylation is 1. The normalized spacial score (nSPS) is 12.1. The standard InChI is InChI=1S/C20H22FN3O3/c1-3-15(11-25)23-20(26)18-13(2)22-19-17(9-6-10-24(18)19)27-12-14-7-4-5-8-16(14)21/h4-10,15,25H,3,11-12H2,1-2H3,(H,23,26)/t15-/m1/s1. The molecular formula is C20H22FN3O3. The number of ether oxygens (including phenoxy) is 1. The van der Waals surface area contributed by atoms with Crippen LogP contribution in [0.5, 0.6) is 5.75 Å². The van der Waals surface area contributed by atoms with Crippen LogP contribution in [-0.2, 0) is 6.61 Å². The zero-order chi connectivity index (χ0) is 19.4. The first kappa shape index (κ1) is 18.8. The molecule has 27 heavy (non-hydrogen) atoms. The second kappa shape index (κ2) is 8.18. The van der Waals surface area contributed by atoms with E-state index in [1.54, 1.807) is 47.9 Å². The number of aliphatic hydroxyl groups excluding tert-OH is 1. The highest BCUT2D eigenvalue weighted by Gasteiger charge is 2.20. The summed E-state index contributed by atoms with van der Waals surface area (Å²) in [4.78, 5) is 17.1. The van der Waals surface area contributed by atoms with Crippen LogP contribution in [0.25, 0.3) is 5.65 Å². The Balaban J connectivity index is 1.89. The molecule has 1 aromatic carbocycles. The van der Waals surface area contributed by atoms with Crippen molar-refractivity contribution in [2.45, 2.75) is 32.9 Å². The van der Waals surface area contributed by atoms with E-state index in [0.717, 1.165) is 0 Å². The highest BCUT2D eigenvalue weighted by atomic mass is 19.1. The number of rotatable bonds is 7. The predicted octanol–water partition coefficient (Wildman–Crippen LogP) is 2.86. The Bertz CT molecular complexity index is 951. The first-order chi connectivity index (χ1) is 13.0. The molecule has 0 aliphatic rings. The van der Waals surface area contributed by atoms with Gasteiger partial charge in [0.05, 0.1) is 18.3 Å². The molecule has 7 heteroatoms. The van der Waals surface area contributed by atoms with Crippen LogP contribution in [0.15, 0.2) is 42.6 Å². The maximum Gasteiger partial charge on any atom is 0.270 e. The Labute approximate surface area is 156 Å². The molecule has 0 bridgehead atoms. The number of aromatic nitrogens is 2. The fourth-order valence-electron chi connectivity index (χ4n) is 2.84. The summed E-state index contributed by atoms with van der Waals surface area (Å²) < 4.78 is 21.2. The van der Waals surface area contributed by atoms with Crippen molar-refractivity contribution in [1.82, 2.24) is 14.7 Å². The van der Waals surface area contributed by atoms with Gasteiger partial charge in [0.15, 0.2) is 11.4 Å². The van der Waals surface area contributed by atoms with E-state index in [1.807, 2.05) is 6.92 Å². The van der Waals surface area contributed by atoms with Gasteiger partial charge in [-0.15, -0.1) is 0 Å². The van der Waals surface area contributed by atoms with Crippen LogP contribution in [-0.4, -0.2) is 33.0 Å². The largest absolute Gasteiger partial charge is 0.485 e. The van der Waals surface area contributed by atoms with Crippen LogP contribution >= 0.6 is 0 Å². The van der Waals surface area contributed by atoms with E-state index in [1.165, 1.54) is 6.07 Å². The van der Waals surface area contributed by atoms with Gasteiger partial charge in [-0.3, -0.25) is 9.20 Å². The number of imidazole rings is 1. The molecule has 0 aliphatic heterocycles. The van der Waals surface area contributed by atoms with Crippen LogP contribution in [0.2, 0.25) is 0 Å². The lowest BCUT2D eigenvalue weighted by atomic mass is 10.2. The molecule has 0 unspecified atom stereocenters. The summed E-state index contributed by atoms with van der Waals surface area (Å²) in [5.41, 5.74) is 1.85. The second-order valence-electron chi connectivity index (χ2n) is 6.25. The highest BCUT2D eigenvalue weighted by Crippen LogP contribution is 2.23. The van der Waals surface area contributed by atoms with Gasteiger partial charge in [-0.05, 0) is 31.5 Å². The fourth-order valence-corrected chi connectivity index (χ4v) is 2.84. The van der Waals surface area contributed by atoms with E-state index < -0.39 is 0 Å². The number of carbonyl (C=O) groups excluding carboxylic acids is 1. The average molecular weight is 371 g/mol. The third-order valence-electron chi connectivity index (χ3n) is 4.39. The number of hydrogen-bond donors (Lipinski definition) is 2. The smallest absolute Gasteiger partial charge is 0.270 e. The molecule has 0 aliphatic carbocycles. The molecule has 6 nitrogen and oxygen atoms in total. The molecular weight excluding hydrogens is 349 g/mol. The number of nitrogens with one attached hydrogen (secondary N) is 1. The van der Waals surface area contributed by atoms with Crippen molar-refractivity contribution < 1.29 is 19.0 Å². The average Bonchev–Trinajstić information content (AvgIpc) is 3.01.